The Hall–Kier alpha value is -3.03. The number of benzene rings is 3. The van der Waals surface area contributed by atoms with E-state index in [0.717, 1.165) is 48.4 Å². The lowest BCUT2D eigenvalue weighted by molar-refractivity contribution is 0.243. The van der Waals surface area contributed by atoms with Crippen LogP contribution < -0.4 is 14.2 Å². The molecule has 0 spiro atoms. The van der Waals surface area contributed by atoms with Crippen molar-refractivity contribution in [3.05, 3.63) is 71.8 Å². The molecule has 3 aromatic carbocycles. The monoisotopic (exact) mass is 480 g/mol. The van der Waals surface area contributed by atoms with Gasteiger partial charge in [-0.3, -0.25) is 4.72 Å². The number of anilines is 1. The normalized spacial score (nSPS) is 14.4. The number of hydrogen-bond acceptors (Lipinski definition) is 5. The van der Waals surface area contributed by atoms with Crippen molar-refractivity contribution in [2.24, 2.45) is 0 Å². The molecule has 0 aliphatic carbocycles. The van der Waals surface area contributed by atoms with Gasteiger partial charge in [-0.05, 0) is 92.4 Å². The van der Waals surface area contributed by atoms with Crippen LogP contribution in [-0.2, 0) is 22.9 Å². The number of nitrogens with zero attached hydrogens (tertiary/aromatic N) is 1. The van der Waals surface area contributed by atoms with E-state index in [-0.39, 0.29) is 11.0 Å². The third kappa shape index (κ3) is 5.54. The van der Waals surface area contributed by atoms with Gasteiger partial charge in [0, 0.05) is 13.1 Å². The van der Waals surface area contributed by atoms with Gasteiger partial charge in [-0.15, -0.1) is 0 Å². The minimum Gasteiger partial charge on any atom is -0.497 e. The second-order valence-corrected chi connectivity index (χ2v) is 10.6. The van der Waals surface area contributed by atoms with Crippen molar-refractivity contribution < 1.29 is 17.9 Å². The first-order chi connectivity index (χ1) is 16.2. The highest BCUT2D eigenvalue weighted by Crippen LogP contribution is 2.33. The summed E-state index contributed by atoms with van der Waals surface area (Å²) in [5, 5.41) is 0. The van der Waals surface area contributed by atoms with E-state index in [1.807, 2.05) is 62.4 Å². The molecule has 0 saturated carbocycles. The minimum absolute atomic E-state index is 0.0708. The van der Waals surface area contributed by atoms with E-state index in [4.69, 9.17) is 9.47 Å². The number of rotatable bonds is 7. The van der Waals surface area contributed by atoms with Gasteiger partial charge >= 0.3 is 0 Å². The summed E-state index contributed by atoms with van der Waals surface area (Å²) in [6.45, 7) is 5.79. The molecule has 1 aliphatic rings. The molecule has 1 heterocycles. The summed E-state index contributed by atoms with van der Waals surface area (Å²) in [5.41, 5.74) is 4.77. The molecule has 0 unspecified atom stereocenters. The van der Waals surface area contributed by atoms with Crippen LogP contribution in [0.4, 0.5) is 5.69 Å². The van der Waals surface area contributed by atoms with Gasteiger partial charge in [-0.1, -0.05) is 24.3 Å². The second-order valence-electron chi connectivity index (χ2n) is 8.95. The van der Waals surface area contributed by atoms with Crippen molar-refractivity contribution in [3.63, 3.8) is 0 Å². The first kappa shape index (κ1) is 24.1. The molecule has 0 aromatic heterocycles. The molecule has 180 valence electrons. The lowest BCUT2D eigenvalue weighted by Crippen LogP contribution is -2.20. The lowest BCUT2D eigenvalue weighted by atomic mass is 10.0. The highest BCUT2D eigenvalue weighted by atomic mass is 32.2. The zero-order valence-electron chi connectivity index (χ0n) is 20.2. The summed E-state index contributed by atoms with van der Waals surface area (Å²) < 4.78 is 40.5. The predicted octanol–water partition coefficient (Wildman–Crippen LogP) is 4.98. The van der Waals surface area contributed by atoms with E-state index < -0.39 is 10.0 Å². The third-order valence-electron chi connectivity index (χ3n) is 6.02. The molecule has 3 aromatic rings. The number of likely N-dealkylation sites (N-methyl/N-ethyl adjacent to an activating group) is 1. The van der Waals surface area contributed by atoms with E-state index in [2.05, 4.69) is 16.7 Å². The average Bonchev–Trinajstić information content (AvgIpc) is 3.00. The zero-order chi connectivity index (χ0) is 24.3. The molecular weight excluding hydrogens is 448 g/mol. The topological polar surface area (TPSA) is 67.9 Å². The number of fused-ring (bicyclic) bond motifs is 1. The summed E-state index contributed by atoms with van der Waals surface area (Å²) in [6.07, 6.45) is 1.72. The zero-order valence-corrected chi connectivity index (χ0v) is 21.0. The van der Waals surface area contributed by atoms with Gasteiger partial charge < -0.3 is 14.4 Å². The molecule has 1 N–H and O–H groups in total. The molecule has 0 saturated heterocycles. The van der Waals surface area contributed by atoms with E-state index in [0.29, 0.717) is 11.4 Å². The van der Waals surface area contributed by atoms with Crippen LogP contribution in [0.5, 0.6) is 11.5 Å². The van der Waals surface area contributed by atoms with Gasteiger partial charge in [-0.2, -0.15) is 0 Å². The molecule has 0 atom stereocenters. The lowest BCUT2D eigenvalue weighted by Gasteiger charge is -2.19. The Morgan fingerprint density at radius 3 is 2.00 bits per heavy atom. The van der Waals surface area contributed by atoms with Crippen LogP contribution in [0, 0.1) is 0 Å². The Morgan fingerprint density at radius 1 is 0.882 bits per heavy atom. The fourth-order valence-corrected chi connectivity index (χ4v) is 5.17. The van der Waals surface area contributed by atoms with Crippen molar-refractivity contribution >= 4 is 15.7 Å². The smallest absolute Gasteiger partial charge is 0.262 e. The molecular formula is C27H32N2O4S. The van der Waals surface area contributed by atoms with Crippen LogP contribution in [-0.4, -0.2) is 46.7 Å². The molecule has 0 bridgehead atoms. The SMILES string of the molecule is COc1ccc(-c2ccc(S(=O)(=O)Nc3cc4c(cc3OC(C)C)CCN(C)CC4)cc2)cc1. The number of methoxy groups -OCH3 is 1. The van der Waals surface area contributed by atoms with Gasteiger partial charge in [0.1, 0.15) is 11.5 Å². The Balaban J connectivity index is 1.61. The Morgan fingerprint density at radius 2 is 1.44 bits per heavy atom. The van der Waals surface area contributed by atoms with Gasteiger partial charge in [-0.25, -0.2) is 8.42 Å². The summed E-state index contributed by atoms with van der Waals surface area (Å²) in [7, 11) is -0.0535. The van der Waals surface area contributed by atoms with Crippen molar-refractivity contribution in [1.29, 1.82) is 0 Å². The fraction of sp³-hybridized carbons (Fsp3) is 0.333. The summed E-state index contributed by atoms with van der Waals surface area (Å²) in [4.78, 5) is 2.49. The maximum absolute atomic E-state index is 13.3. The van der Waals surface area contributed by atoms with Gasteiger partial charge in [0.15, 0.2) is 0 Å². The third-order valence-corrected chi connectivity index (χ3v) is 7.40. The van der Waals surface area contributed by atoms with Gasteiger partial charge in [0.05, 0.1) is 23.8 Å². The Labute approximate surface area is 202 Å². The average molecular weight is 481 g/mol. The largest absolute Gasteiger partial charge is 0.497 e. The standard InChI is InChI=1S/C27H32N2O4S/c1-19(2)33-27-18-23-14-16-29(3)15-13-22(23)17-26(27)28-34(30,31)25-11-7-21(8-12-25)20-5-9-24(32-4)10-6-20/h5-12,17-19,28H,13-16H2,1-4H3. The highest BCUT2D eigenvalue weighted by Gasteiger charge is 2.21. The van der Waals surface area contributed by atoms with E-state index in [1.165, 1.54) is 5.56 Å². The van der Waals surface area contributed by atoms with E-state index in [1.54, 1.807) is 19.2 Å². The van der Waals surface area contributed by atoms with Crippen LogP contribution >= 0.6 is 0 Å². The van der Waals surface area contributed by atoms with Gasteiger partial charge in [0.2, 0.25) is 0 Å². The fourth-order valence-electron chi connectivity index (χ4n) is 4.11. The van der Waals surface area contributed by atoms with Crippen LogP contribution in [0.3, 0.4) is 0 Å². The molecule has 1 aliphatic heterocycles. The van der Waals surface area contributed by atoms with Crippen LogP contribution in [0.1, 0.15) is 25.0 Å². The molecule has 0 radical (unpaired) electrons. The maximum atomic E-state index is 13.3. The van der Waals surface area contributed by atoms with E-state index >= 15 is 0 Å². The second kappa shape index (κ2) is 10.1. The quantitative estimate of drug-likeness (QED) is 0.517. The van der Waals surface area contributed by atoms with Crippen molar-refractivity contribution in [1.82, 2.24) is 4.90 Å². The summed E-state index contributed by atoms with van der Waals surface area (Å²) >= 11 is 0. The first-order valence-corrected chi connectivity index (χ1v) is 13.0. The van der Waals surface area contributed by atoms with Crippen molar-refractivity contribution in [2.75, 3.05) is 32.0 Å². The number of ether oxygens (including phenoxy) is 2. The van der Waals surface area contributed by atoms with Crippen LogP contribution in [0.2, 0.25) is 0 Å². The van der Waals surface area contributed by atoms with E-state index in [9.17, 15) is 8.42 Å². The van der Waals surface area contributed by atoms with Gasteiger partial charge in [0.25, 0.3) is 10.0 Å². The highest BCUT2D eigenvalue weighted by molar-refractivity contribution is 7.92. The first-order valence-electron chi connectivity index (χ1n) is 11.5. The Kier molecular flexibility index (Phi) is 7.14. The molecule has 6 nitrogen and oxygen atoms in total. The predicted molar refractivity (Wildman–Crippen MR) is 136 cm³/mol. The van der Waals surface area contributed by atoms with Crippen molar-refractivity contribution in [3.8, 4) is 22.6 Å². The van der Waals surface area contributed by atoms with Crippen LogP contribution in [0.25, 0.3) is 11.1 Å². The molecule has 7 heteroatoms. The Bertz CT molecular complexity index is 1240. The summed E-state index contributed by atoms with van der Waals surface area (Å²) in [5.74, 6) is 1.34. The molecule has 0 fully saturated rings. The van der Waals surface area contributed by atoms with Crippen LogP contribution in [0.15, 0.2) is 65.6 Å². The number of hydrogen-bond donors (Lipinski definition) is 1. The molecule has 0 amide bonds. The maximum Gasteiger partial charge on any atom is 0.262 e. The number of sulfonamides is 1. The molecule has 4 rings (SSSR count). The molecule has 34 heavy (non-hydrogen) atoms. The van der Waals surface area contributed by atoms with Crippen molar-refractivity contribution in [2.45, 2.75) is 37.7 Å². The number of nitrogens with one attached hydrogen (secondary N) is 1. The summed E-state index contributed by atoms with van der Waals surface area (Å²) in [6, 6.07) is 18.5. The minimum atomic E-state index is -3.79.